The third kappa shape index (κ3) is 2.69. The zero-order valence-corrected chi connectivity index (χ0v) is 14.1. The number of aliphatic hydroxyl groups is 1. The molecule has 7 heteroatoms. The van der Waals surface area contributed by atoms with Crippen LogP contribution in [-0.4, -0.2) is 46.6 Å². The minimum absolute atomic E-state index is 0. The van der Waals surface area contributed by atoms with E-state index < -0.39 is 5.72 Å². The second-order valence-electron chi connectivity index (χ2n) is 4.79. The summed E-state index contributed by atoms with van der Waals surface area (Å²) in [6, 6.07) is 9.44. The van der Waals surface area contributed by atoms with Gasteiger partial charge in [-0.2, -0.15) is 0 Å². The molecular formula is C14H17BrN2O3S. The van der Waals surface area contributed by atoms with Crippen molar-refractivity contribution in [3.05, 3.63) is 35.9 Å². The maximum atomic E-state index is 11.6. The zero-order valence-electron chi connectivity index (χ0n) is 11.6. The van der Waals surface area contributed by atoms with E-state index in [9.17, 15) is 9.90 Å². The molecule has 2 aliphatic heterocycles. The fourth-order valence-electron chi connectivity index (χ4n) is 2.67. The van der Waals surface area contributed by atoms with Crippen molar-refractivity contribution < 1.29 is 14.6 Å². The summed E-state index contributed by atoms with van der Waals surface area (Å²) in [4.78, 5) is 17.9. The number of nitrogens with zero attached hydrogens (tertiary/aromatic N) is 2. The van der Waals surface area contributed by atoms with Crippen molar-refractivity contribution in [2.75, 3.05) is 20.2 Å². The van der Waals surface area contributed by atoms with Crippen LogP contribution in [0, 0.1) is 0 Å². The lowest BCUT2D eigenvalue weighted by atomic mass is 9.95. The molecule has 2 atom stereocenters. The van der Waals surface area contributed by atoms with E-state index in [4.69, 9.17) is 4.74 Å². The van der Waals surface area contributed by atoms with Gasteiger partial charge in [-0.05, 0) is 0 Å². The number of halogens is 1. The second-order valence-corrected chi connectivity index (χ2v) is 5.96. The molecule has 0 spiro atoms. The summed E-state index contributed by atoms with van der Waals surface area (Å²) in [6.45, 7) is 1.35. The van der Waals surface area contributed by atoms with Gasteiger partial charge in [0.1, 0.15) is 0 Å². The molecule has 114 valence electrons. The van der Waals surface area contributed by atoms with Gasteiger partial charge < -0.3 is 14.7 Å². The average molecular weight is 373 g/mol. The first-order chi connectivity index (χ1) is 9.66. The number of aliphatic imine (C=N–C) groups is 1. The number of benzene rings is 1. The van der Waals surface area contributed by atoms with Crippen LogP contribution in [0.5, 0.6) is 0 Å². The van der Waals surface area contributed by atoms with Gasteiger partial charge in [-0.25, -0.2) is 0 Å². The van der Waals surface area contributed by atoms with Gasteiger partial charge in [-0.3, -0.25) is 9.79 Å². The minimum atomic E-state index is -1.20. The van der Waals surface area contributed by atoms with Gasteiger partial charge in [0.15, 0.2) is 10.9 Å². The van der Waals surface area contributed by atoms with Gasteiger partial charge in [0.25, 0.3) is 0 Å². The number of hydrogen-bond donors (Lipinski definition) is 1. The largest absolute Gasteiger partial charge is 0.469 e. The lowest BCUT2D eigenvalue weighted by Crippen LogP contribution is -2.48. The van der Waals surface area contributed by atoms with Crippen molar-refractivity contribution in [3.8, 4) is 0 Å². The molecule has 1 saturated heterocycles. The van der Waals surface area contributed by atoms with Crippen LogP contribution in [-0.2, 0) is 15.3 Å². The topological polar surface area (TPSA) is 62.1 Å². The monoisotopic (exact) mass is 372 g/mol. The summed E-state index contributed by atoms with van der Waals surface area (Å²) in [7, 11) is 1.36. The Hall–Kier alpha value is -1.05. The number of ether oxygens (including phenoxy) is 1. The van der Waals surface area contributed by atoms with Crippen molar-refractivity contribution in [1.82, 2.24) is 4.90 Å². The third-order valence-electron chi connectivity index (χ3n) is 3.69. The van der Waals surface area contributed by atoms with E-state index in [0.717, 1.165) is 10.7 Å². The number of carbonyl (C=O) groups is 1. The number of carbonyl (C=O) groups excluding carboxylic acids is 1. The first-order valence-electron chi connectivity index (χ1n) is 6.49. The van der Waals surface area contributed by atoms with Gasteiger partial charge in [0, 0.05) is 12.1 Å². The Morgan fingerprint density at radius 3 is 2.90 bits per heavy atom. The lowest BCUT2D eigenvalue weighted by molar-refractivity contribution is -0.143. The van der Waals surface area contributed by atoms with E-state index in [2.05, 4.69) is 4.99 Å². The molecule has 0 bridgehead atoms. The predicted molar refractivity (Wildman–Crippen MR) is 87.7 cm³/mol. The summed E-state index contributed by atoms with van der Waals surface area (Å²) < 4.78 is 4.74. The first-order valence-corrected chi connectivity index (χ1v) is 7.37. The molecular weight excluding hydrogens is 356 g/mol. The van der Waals surface area contributed by atoms with Gasteiger partial charge in [-0.1, -0.05) is 42.1 Å². The van der Waals surface area contributed by atoms with E-state index in [1.165, 1.54) is 18.9 Å². The molecule has 0 saturated carbocycles. The molecule has 21 heavy (non-hydrogen) atoms. The molecule has 2 aliphatic rings. The first kappa shape index (κ1) is 16.3. The summed E-state index contributed by atoms with van der Waals surface area (Å²) in [5.74, 6) is -0.321. The third-order valence-corrected chi connectivity index (χ3v) is 5.03. The van der Waals surface area contributed by atoms with E-state index in [0.29, 0.717) is 13.1 Å². The Kier molecular flexibility index (Phi) is 4.95. The Morgan fingerprint density at radius 1 is 1.52 bits per heavy atom. The molecule has 2 heterocycles. The molecule has 1 aromatic rings. The molecule has 2 unspecified atom stereocenters. The average Bonchev–Trinajstić information content (AvgIpc) is 3.03. The smallest absolute Gasteiger partial charge is 0.306 e. The number of hydrogen-bond acceptors (Lipinski definition) is 6. The quantitative estimate of drug-likeness (QED) is 0.819. The van der Waals surface area contributed by atoms with Gasteiger partial charge in [0.2, 0.25) is 0 Å². The van der Waals surface area contributed by atoms with E-state index in [1.807, 2.05) is 35.2 Å². The van der Waals surface area contributed by atoms with Crippen LogP contribution in [0.3, 0.4) is 0 Å². The Morgan fingerprint density at radius 2 is 2.24 bits per heavy atom. The van der Waals surface area contributed by atoms with Crippen LogP contribution in [0.15, 0.2) is 35.3 Å². The molecule has 3 rings (SSSR count). The molecule has 5 nitrogen and oxygen atoms in total. The van der Waals surface area contributed by atoms with Crippen LogP contribution < -0.4 is 0 Å². The maximum Gasteiger partial charge on any atom is 0.306 e. The standard InChI is InChI=1S/C14H16N2O3S.BrH/c1-19-12(17)9-11-14(18,10-5-3-2-4-6-10)16-8-7-15-13(16)20-11;/h2-6,11,18H,7-9H2,1H3;1H. The number of rotatable bonds is 3. The normalized spacial score (nSPS) is 26.9. The minimum Gasteiger partial charge on any atom is -0.469 e. The summed E-state index contributed by atoms with van der Waals surface area (Å²) >= 11 is 1.45. The van der Waals surface area contributed by atoms with Crippen LogP contribution in [0.2, 0.25) is 0 Å². The fraction of sp³-hybridized carbons (Fsp3) is 0.429. The van der Waals surface area contributed by atoms with E-state index in [-0.39, 0.29) is 34.6 Å². The molecule has 0 aromatic heterocycles. The summed E-state index contributed by atoms with van der Waals surface area (Å²) in [5, 5.41) is 11.8. The van der Waals surface area contributed by atoms with Crippen LogP contribution in [0.4, 0.5) is 0 Å². The van der Waals surface area contributed by atoms with Crippen LogP contribution in [0.1, 0.15) is 12.0 Å². The number of fused-ring (bicyclic) bond motifs is 1. The number of esters is 1. The highest BCUT2D eigenvalue weighted by Crippen LogP contribution is 2.47. The predicted octanol–water partition coefficient (Wildman–Crippen LogP) is 1.76. The Balaban J connectivity index is 0.00000161. The van der Waals surface area contributed by atoms with E-state index >= 15 is 0 Å². The lowest BCUT2D eigenvalue weighted by Gasteiger charge is -2.36. The van der Waals surface area contributed by atoms with Gasteiger partial charge in [0.05, 0.1) is 25.3 Å². The molecule has 0 radical (unpaired) electrons. The van der Waals surface area contributed by atoms with Gasteiger partial charge in [-0.15, -0.1) is 17.0 Å². The maximum absolute atomic E-state index is 11.6. The summed E-state index contributed by atoms with van der Waals surface area (Å²) in [5.41, 5.74) is -0.413. The zero-order chi connectivity index (χ0) is 14.2. The van der Waals surface area contributed by atoms with Crippen LogP contribution >= 0.6 is 28.7 Å². The Bertz CT molecular complexity index is 554. The summed E-state index contributed by atoms with van der Waals surface area (Å²) in [6.07, 6.45) is 0.155. The van der Waals surface area contributed by atoms with Crippen LogP contribution in [0.25, 0.3) is 0 Å². The highest BCUT2D eigenvalue weighted by molar-refractivity contribution is 8.93. The molecule has 1 N–H and O–H groups in total. The molecule has 0 aliphatic carbocycles. The van der Waals surface area contributed by atoms with Crippen molar-refractivity contribution in [1.29, 1.82) is 0 Å². The number of amidine groups is 1. The molecule has 1 aromatic carbocycles. The van der Waals surface area contributed by atoms with E-state index in [1.54, 1.807) is 0 Å². The number of methoxy groups -OCH3 is 1. The Labute approximate surface area is 138 Å². The fourth-order valence-corrected chi connectivity index (χ4v) is 4.10. The van der Waals surface area contributed by atoms with Crippen molar-refractivity contribution in [3.63, 3.8) is 0 Å². The van der Waals surface area contributed by atoms with Crippen molar-refractivity contribution >= 4 is 39.9 Å². The number of thioether (sulfide) groups is 1. The SMILES string of the molecule is Br.COC(=O)CC1SC2=NCCN2C1(O)c1ccccc1. The van der Waals surface area contributed by atoms with Crippen molar-refractivity contribution in [2.24, 2.45) is 4.99 Å². The molecule has 0 amide bonds. The van der Waals surface area contributed by atoms with Crippen molar-refractivity contribution in [2.45, 2.75) is 17.4 Å². The van der Waals surface area contributed by atoms with Gasteiger partial charge >= 0.3 is 5.97 Å². The second kappa shape index (κ2) is 6.37. The highest BCUT2D eigenvalue weighted by Gasteiger charge is 2.54. The highest BCUT2D eigenvalue weighted by atomic mass is 79.9. The molecule has 1 fully saturated rings.